The zero-order valence-corrected chi connectivity index (χ0v) is 21.8. The number of hydrazone groups is 1. The molecule has 3 aromatic rings. The van der Waals surface area contributed by atoms with Crippen molar-refractivity contribution in [3.8, 4) is 5.75 Å². The van der Waals surface area contributed by atoms with Gasteiger partial charge in [0.25, 0.3) is 11.8 Å². The maximum absolute atomic E-state index is 12.7. The molecule has 9 nitrogen and oxygen atoms in total. The average Bonchev–Trinajstić information content (AvgIpc) is 3.22. The summed E-state index contributed by atoms with van der Waals surface area (Å²) >= 11 is 17.7. The molecule has 3 amide bonds. The van der Waals surface area contributed by atoms with Gasteiger partial charge in [-0.3, -0.25) is 25.2 Å². The van der Waals surface area contributed by atoms with Gasteiger partial charge < -0.3 is 9.15 Å². The number of hydrazine groups is 1. The Morgan fingerprint density at radius 2 is 1.70 bits per heavy atom. The van der Waals surface area contributed by atoms with E-state index in [2.05, 4.69) is 21.4 Å². The number of halogens is 3. The summed E-state index contributed by atoms with van der Waals surface area (Å²) in [5.41, 5.74) is 9.35. The topological polar surface area (TPSA) is 122 Å². The van der Waals surface area contributed by atoms with Crippen molar-refractivity contribution >= 4 is 58.2 Å². The van der Waals surface area contributed by atoms with Crippen molar-refractivity contribution in [2.75, 3.05) is 6.61 Å². The van der Waals surface area contributed by atoms with Gasteiger partial charge >= 0.3 is 5.91 Å². The predicted molar refractivity (Wildman–Crippen MR) is 139 cm³/mol. The lowest BCUT2D eigenvalue weighted by molar-refractivity contribution is -0.123. The summed E-state index contributed by atoms with van der Waals surface area (Å²) in [6, 6.07) is 11.0. The number of amides is 3. The van der Waals surface area contributed by atoms with Gasteiger partial charge in [-0.05, 0) is 62.2 Å². The molecule has 0 unspecified atom stereocenters. The fourth-order valence-electron chi connectivity index (χ4n) is 3.74. The number of carbonyl (C=O) groups is 3. The molecule has 1 aromatic heterocycles. The molecule has 4 rings (SSSR count). The second-order valence-corrected chi connectivity index (χ2v) is 9.36. The van der Waals surface area contributed by atoms with Crippen LogP contribution in [0.2, 0.25) is 15.1 Å². The Labute approximate surface area is 227 Å². The fraction of sp³-hybridized carbons (Fsp3) is 0.200. The van der Waals surface area contributed by atoms with Gasteiger partial charge in [0.2, 0.25) is 0 Å². The van der Waals surface area contributed by atoms with Crippen LogP contribution in [0.15, 0.2) is 52.0 Å². The maximum atomic E-state index is 12.7. The third-order valence-corrected chi connectivity index (χ3v) is 6.28. The minimum atomic E-state index is -0.644. The largest absolute Gasteiger partial charge is 0.482 e. The van der Waals surface area contributed by atoms with E-state index in [4.69, 9.17) is 44.0 Å². The normalized spacial score (nSPS) is 13.6. The molecular formula is C25H21Cl3N4O5. The molecule has 3 N–H and O–H groups in total. The lowest BCUT2D eigenvalue weighted by atomic mass is 9.93. The highest BCUT2D eigenvalue weighted by molar-refractivity contribution is 6.35. The van der Waals surface area contributed by atoms with E-state index in [1.165, 1.54) is 12.1 Å². The fourth-order valence-corrected chi connectivity index (χ4v) is 4.32. The first kappa shape index (κ1) is 26.5. The quantitative estimate of drug-likeness (QED) is 0.370. The molecule has 0 aliphatic heterocycles. The average molecular weight is 564 g/mol. The van der Waals surface area contributed by atoms with Crippen LogP contribution in [0.1, 0.15) is 50.6 Å². The Bertz CT molecular complexity index is 1390. The van der Waals surface area contributed by atoms with E-state index in [0.29, 0.717) is 51.0 Å². The van der Waals surface area contributed by atoms with Crippen LogP contribution in [0.5, 0.6) is 5.75 Å². The number of rotatable bonds is 6. The van der Waals surface area contributed by atoms with Crippen molar-refractivity contribution in [1.82, 2.24) is 16.3 Å². The van der Waals surface area contributed by atoms with Crippen molar-refractivity contribution < 1.29 is 23.5 Å². The molecule has 1 heterocycles. The Hall–Kier alpha value is -3.53. The molecule has 0 saturated carbocycles. The number of furan rings is 1. The van der Waals surface area contributed by atoms with E-state index in [-0.39, 0.29) is 29.0 Å². The van der Waals surface area contributed by atoms with Gasteiger partial charge in [0, 0.05) is 33.2 Å². The number of aryl methyl sites for hydroxylation is 1. The smallest absolute Gasteiger partial charge is 0.305 e. The maximum Gasteiger partial charge on any atom is 0.305 e. The van der Waals surface area contributed by atoms with E-state index < -0.39 is 11.8 Å². The molecule has 0 spiro atoms. The minimum Gasteiger partial charge on any atom is -0.482 e. The summed E-state index contributed by atoms with van der Waals surface area (Å²) in [6.45, 7) is 1.33. The number of benzene rings is 2. The molecule has 192 valence electrons. The minimum absolute atomic E-state index is 0.0330. The number of fused-ring (bicyclic) bond motifs is 1. The Morgan fingerprint density at radius 1 is 0.973 bits per heavy atom. The molecule has 37 heavy (non-hydrogen) atoms. The van der Waals surface area contributed by atoms with Crippen LogP contribution in [0, 0.1) is 6.92 Å². The number of nitrogens with zero attached hydrogens (tertiary/aromatic N) is 1. The summed E-state index contributed by atoms with van der Waals surface area (Å²) in [5.74, 6) is -0.752. The first-order valence-electron chi connectivity index (χ1n) is 11.1. The number of hydrogen-bond donors (Lipinski definition) is 3. The highest BCUT2D eigenvalue weighted by Gasteiger charge is 2.28. The first-order valence-corrected chi connectivity index (χ1v) is 12.3. The predicted octanol–water partition coefficient (Wildman–Crippen LogP) is 4.86. The van der Waals surface area contributed by atoms with Crippen LogP contribution in [0.25, 0.3) is 0 Å². The van der Waals surface area contributed by atoms with E-state index in [1.54, 1.807) is 37.3 Å². The monoisotopic (exact) mass is 562 g/mol. The molecule has 0 radical (unpaired) electrons. The molecule has 0 saturated heterocycles. The zero-order chi connectivity index (χ0) is 26.5. The van der Waals surface area contributed by atoms with Crippen molar-refractivity contribution in [3.63, 3.8) is 0 Å². The van der Waals surface area contributed by atoms with Gasteiger partial charge in [-0.1, -0.05) is 34.8 Å². The molecular weight excluding hydrogens is 543 g/mol. The first-order chi connectivity index (χ1) is 17.7. The van der Waals surface area contributed by atoms with E-state index >= 15 is 0 Å². The van der Waals surface area contributed by atoms with Crippen molar-refractivity contribution in [2.45, 2.75) is 26.2 Å². The zero-order valence-electron chi connectivity index (χ0n) is 19.5. The Balaban J connectivity index is 1.38. The van der Waals surface area contributed by atoms with Crippen molar-refractivity contribution in [3.05, 3.63) is 85.7 Å². The SMILES string of the molecule is Cc1c(C(=O)NNC(=O)COc2ccc(Cl)cc2Cl)oc2c1/C(=N/NC(=O)c1ccc(Cl)cc1)CCC2. The molecule has 12 heteroatoms. The van der Waals surface area contributed by atoms with Gasteiger partial charge in [-0.2, -0.15) is 5.10 Å². The van der Waals surface area contributed by atoms with E-state index in [0.717, 1.165) is 6.42 Å². The van der Waals surface area contributed by atoms with Gasteiger partial charge in [0.15, 0.2) is 12.4 Å². The van der Waals surface area contributed by atoms with Crippen LogP contribution in [0.4, 0.5) is 0 Å². The molecule has 1 aliphatic rings. The number of carbonyl (C=O) groups excluding carboxylic acids is 3. The number of nitrogens with one attached hydrogen (secondary N) is 3. The summed E-state index contributed by atoms with van der Waals surface area (Å²) in [7, 11) is 0. The standard InChI is InChI=1S/C25H21Cl3N4O5/c1-13-22-18(29-31-24(34)14-5-7-15(26)8-6-14)3-2-4-20(22)37-23(13)25(35)32-30-21(33)12-36-19-10-9-16(27)11-17(19)28/h5-11H,2-4,12H2,1H3,(H,30,33)(H,31,34)(H,32,35)/b29-18+. The molecule has 0 atom stereocenters. The van der Waals surface area contributed by atoms with E-state index in [9.17, 15) is 14.4 Å². The lowest BCUT2D eigenvalue weighted by Crippen LogP contribution is -2.43. The molecule has 0 fully saturated rings. The summed E-state index contributed by atoms with van der Waals surface area (Å²) < 4.78 is 11.1. The van der Waals surface area contributed by atoms with Crippen LogP contribution in [-0.2, 0) is 11.2 Å². The van der Waals surface area contributed by atoms with Crippen molar-refractivity contribution in [2.24, 2.45) is 5.10 Å². The molecule has 0 bridgehead atoms. The van der Waals surface area contributed by atoms with Crippen LogP contribution < -0.4 is 21.0 Å². The van der Waals surface area contributed by atoms with Crippen LogP contribution in [0.3, 0.4) is 0 Å². The second kappa shape index (κ2) is 11.7. The molecule has 1 aliphatic carbocycles. The molecule has 2 aromatic carbocycles. The van der Waals surface area contributed by atoms with Gasteiger partial charge in [-0.15, -0.1) is 0 Å². The summed E-state index contributed by atoms with van der Waals surface area (Å²) in [5, 5.41) is 5.49. The third-order valence-electron chi connectivity index (χ3n) is 5.50. The van der Waals surface area contributed by atoms with Gasteiger partial charge in [-0.25, -0.2) is 5.43 Å². The highest BCUT2D eigenvalue weighted by Crippen LogP contribution is 2.30. The Kier molecular flexibility index (Phi) is 8.38. The lowest BCUT2D eigenvalue weighted by Gasteiger charge is -2.13. The van der Waals surface area contributed by atoms with Gasteiger partial charge in [0.1, 0.15) is 11.5 Å². The van der Waals surface area contributed by atoms with Crippen molar-refractivity contribution in [1.29, 1.82) is 0 Å². The summed E-state index contributed by atoms with van der Waals surface area (Å²) in [6.07, 6.45) is 1.93. The highest BCUT2D eigenvalue weighted by atomic mass is 35.5. The third kappa shape index (κ3) is 6.43. The van der Waals surface area contributed by atoms with Gasteiger partial charge in [0.05, 0.1) is 10.7 Å². The Morgan fingerprint density at radius 3 is 2.43 bits per heavy atom. The van der Waals surface area contributed by atoms with E-state index in [1.807, 2.05) is 0 Å². The second-order valence-electron chi connectivity index (χ2n) is 8.08. The summed E-state index contributed by atoms with van der Waals surface area (Å²) in [4.78, 5) is 37.3. The van der Waals surface area contributed by atoms with Crippen LogP contribution in [-0.4, -0.2) is 30.0 Å². The number of hydrogen-bond acceptors (Lipinski definition) is 6. The van der Waals surface area contributed by atoms with Crippen LogP contribution >= 0.6 is 34.8 Å². The number of ether oxygens (including phenoxy) is 1.